The van der Waals surface area contributed by atoms with E-state index in [4.69, 9.17) is 5.73 Å². The molecule has 5 heteroatoms. The first-order valence-corrected chi connectivity index (χ1v) is 4.96. The number of hydrogen-bond acceptors (Lipinski definition) is 2. The number of nitrogens with zero attached hydrogens (tertiary/aromatic N) is 1. The number of rotatable bonds is 3. The molecule has 0 bridgehead atoms. The Kier molecular flexibility index (Phi) is 3.46. The van der Waals surface area contributed by atoms with Crippen molar-refractivity contribution in [1.82, 2.24) is 4.57 Å². The number of pyridine rings is 1. The van der Waals surface area contributed by atoms with Gasteiger partial charge in [-0.1, -0.05) is 6.92 Å². The van der Waals surface area contributed by atoms with Gasteiger partial charge in [0.25, 0.3) is 5.56 Å². The van der Waals surface area contributed by atoms with Crippen LogP contribution in [0.3, 0.4) is 0 Å². The van der Waals surface area contributed by atoms with Crippen LogP contribution in [-0.4, -0.2) is 10.5 Å². The molecule has 1 atom stereocenters. The van der Waals surface area contributed by atoms with Crippen molar-refractivity contribution in [2.24, 2.45) is 11.7 Å². The zero-order chi connectivity index (χ0) is 10.7. The lowest BCUT2D eigenvalue weighted by Crippen LogP contribution is -2.29. The van der Waals surface area contributed by atoms with Crippen LogP contribution < -0.4 is 11.3 Å². The molecule has 1 aromatic heterocycles. The molecule has 4 nitrogen and oxygen atoms in total. The van der Waals surface area contributed by atoms with Crippen molar-refractivity contribution in [3.63, 3.8) is 0 Å². The quantitative estimate of drug-likeness (QED) is 0.869. The first kappa shape index (κ1) is 11.0. The average molecular weight is 259 g/mol. The van der Waals surface area contributed by atoms with Gasteiger partial charge in [-0.05, 0) is 28.1 Å². The summed E-state index contributed by atoms with van der Waals surface area (Å²) in [4.78, 5) is 22.3. The lowest BCUT2D eigenvalue weighted by molar-refractivity contribution is -0.121. The minimum absolute atomic E-state index is 0.152. The highest BCUT2D eigenvalue weighted by Crippen LogP contribution is 2.03. The highest BCUT2D eigenvalue weighted by molar-refractivity contribution is 9.10. The van der Waals surface area contributed by atoms with E-state index in [1.54, 1.807) is 25.3 Å². The zero-order valence-corrected chi connectivity index (χ0v) is 9.32. The molecule has 14 heavy (non-hydrogen) atoms. The minimum Gasteiger partial charge on any atom is -0.369 e. The van der Waals surface area contributed by atoms with Gasteiger partial charge in [-0.25, -0.2) is 0 Å². The molecular formula is C9H11BrN2O2. The van der Waals surface area contributed by atoms with Crippen molar-refractivity contribution in [2.45, 2.75) is 13.5 Å². The van der Waals surface area contributed by atoms with E-state index in [1.165, 1.54) is 4.57 Å². The van der Waals surface area contributed by atoms with Crippen molar-refractivity contribution < 1.29 is 4.79 Å². The highest BCUT2D eigenvalue weighted by Gasteiger charge is 2.10. The third-order valence-corrected chi connectivity index (χ3v) is 2.53. The van der Waals surface area contributed by atoms with Gasteiger partial charge in [0.15, 0.2) is 0 Å². The Labute approximate surface area is 89.9 Å². The van der Waals surface area contributed by atoms with Gasteiger partial charge in [0.1, 0.15) is 0 Å². The molecule has 0 saturated carbocycles. The Morgan fingerprint density at radius 2 is 2.36 bits per heavy atom. The molecule has 0 aliphatic rings. The highest BCUT2D eigenvalue weighted by atomic mass is 79.9. The van der Waals surface area contributed by atoms with Crippen LogP contribution in [0.4, 0.5) is 0 Å². The van der Waals surface area contributed by atoms with Gasteiger partial charge in [0, 0.05) is 12.7 Å². The van der Waals surface area contributed by atoms with Gasteiger partial charge in [-0.2, -0.15) is 0 Å². The van der Waals surface area contributed by atoms with E-state index in [1.807, 2.05) is 0 Å². The summed E-state index contributed by atoms with van der Waals surface area (Å²) < 4.78 is 1.94. The summed E-state index contributed by atoms with van der Waals surface area (Å²) in [6, 6.07) is 3.40. The molecule has 1 rings (SSSR count). The molecule has 2 N–H and O–H groups in total. The lowest BCUT2D eigenvalue weighted by atomic mass is 10.2. The number of amides is 1. The second-order valence-corrected chi connectivity index (χ2v) is 3.97. The Balaban J connectivity index is 2.93. The average Bonchev–Trinajstić information content (AvgIpc) is 2.12. The molecule has 1 aromatic rings. The van der Waals surface area contributed by atoms with E-state index in [9.17, 15) is 9.59 Å². The Hall–Kier alpha value is -1.10. The molecule has 0 spiro atoms. The van der Waals surface area contributed by atoms with Crippen LogP contribution in [-0.2, 0) is 11.3 Å². The maximum absolute atomic E-state index is 11.5. The SMILES string of the molecule is CC(Cn1cccc(Br)c1=O)C(N)=O. The molecule has 0 fully saturated rings. The van der Waals surface area contributed by atoms with Crippen LogP contribution in [0.1, 0.15) is 6.92 Å². The largest absolute Gasteiger partial charge is 0.369 e. The van der Waals surface area contributed by atoms with Crippen molar-refractivity contribution in [2.75, 3.05) is 0 Å². The molecule has 1 amide bonds. The fourth-order valence-electron chi connectivity index (χ4n) is 1.04. The molecule has 0 aliphatic heterocycles. The van der Waals surface area contributed by atoms with Crippen molar-refractivity contribution in [3.05, 3.63) is 33.2 Å². The van der Waals surface area contributed by atoms with Crippen LogP contribution >= 0.6 is 15.9 Å². The predicted molar refractivity (Wildman–Crippen MR) is 56.8 cm³/mol. The van der Waals surface area contributed by atoms with Gasteiger partial charge < -0.3 is 10.3 Å². The number of carbonyl (C=O) groups is 1. The molecule has 0 aromatic carbocycles. The first-order valence-electron chi connectivity index (χ1n) is 4.16. The monoisotopic (exact) mass is 258 g/mol. The maximum atomic E-state index is 11.5. The Morgan fingerprint density at radius 3 is 2.93 bits per heavy atom. The van der Waals surface area contributed by atoms with E-state index in [0.717, 1.165) is 0 Å². The Bertz CT molecular complexity index is 400. The van der Waals surface area contributed by atoms with Gasteiger partial charge in [0.2, 0.25) is 5.91 Å². The summed E-state index contributed by atoms with van der Waals surface area (Å²) in [6.45, 7) is 2.00. The van der Waals surface area contributed by atoms with E-state index in [-0.39, 0.29) is 11.5 Å². The molecule has 0 aliphatic carbocycles. The minimum atomic E-state index is -0.406. The molecule has 0 saturated heterocycles. The number of halogens is 1. The standard InChI is InChI=1S/C9H11BrN2O2/c1-6(8(11)13)5-12-4-2-3-7(10)9(12)14/h2-4,6H,5H2,1H3,(H2,11,13). The van der Waals surface area contributed by atoms with Crippen molar-refractivity contribution >= 4 is 21.8 Å². The predicted octanol–water partition coefficient (Wildman–Crippen LogP) is 0.732. The van der Waals surface area contributed by atoms with E-state index in [0.29, 0.717) is 11.0 Å². The number of aromatic nitrogens is 1. The molecular weight excluding hydrogens is 248 g/mol. The van der Waals surface area contributed by atoms with Crippen molar-refractivity contribution in [1.29, 1.82) is 0 Å². The molecule has 0 radical (unpaired) electrons. The number of hydrogen-bond donors (Lipinski definition) is 1. The van der Waals surface area contributed by atoms with Crippen molar-refractivity contribution in [3.8, 4) is 0 Å². The smallest absolute Gasteiger partial charge is 0.264 e. The van der Waals surface area contributed by atoms with Crippen LogP contribution in [0.15, 0.2) is 27.6 Å². The van der Waals surface area contributed by atoms with Crippen LogP contribution in [0.2, 0.25) is 0 Å². The molecule has 76 valence electrons. The first-order chi connectivity index (χ1) is 6.52. The lowest BCUT2D eigenvalue weighted by Gasteiger charge is -2.09. The fourth-order valence-corrected chi connectivity index (χ4v) is 1.42. The second kappa shape index (κ2) is 4.41. The summed E-state index contributed by atoms with van der Waals surface area (Å²) in [5, 5.41) is 0. The topological polar surface area (TPSA) is 65.1 Å². The van der Waals surface area contributed by atoms with E-state index < -0.39 is 5.91 Å². The van der Waals surface area contributed by atoms with Gasteiger partial charge >= 0.3 is 0 Å². The normalized spacial score (nSPS) is 12.4. The van der Waals surface area contributed by atoms with Crippen LogP contribution in [0, 0.1) is 5.92 Å². The summed E-state index contributed by atoms with van der Waals surface area (Å²) in [6.07, 6.45) is 1.63. The van der Waals surface area contributed by atoms with Crippen LogP contribution in [0.25, 0.3) is 0 Å². The summed E-state index contributed by atoms with van der Waals surface area (Å²) in [5.41, 5.74) is 4.95. The molecule has 1 heterocycles. The molecule has 1 unspecified atom stereocenters. The second-order valence-electron chi connectivity index (χ2n) is 3.12. The third-order valence-electron chi connectivity index (χ3n) is 1.93. The van der Waals surface area contributed by atoms with Gasteiger partial charge in [0.05, 0.1) is 10.4 Å². The van der Waals surface area contributed by atoms with Crippen LogP contribution in [0.5, 0.6) is 0 Å². The van der Waals surface area contributed by atoms with E-state index >= 15 is 0 Å². The summed E-state index contributed by atoms with van der Waals surface area (Å²) in [7, 11) is 0. The van der Waals surface area contributed by atoms with E-state index in [2.05, 4.69) is 15.9 Å². The third kappa shape index (κ3) is 2.45. The zero-order valence-electron chi connectivity index (χ0n) is 7.74. The summed E-state index contributed by atoms with van der Waals surface area (Å²) in [5.74, 6) is -0.751. The van der Waals surface area contributed by atoms with Gasteiger partial charge in [-0.15, -0.1) is 0 Å². The number of nitrogens with two attached hydrogens (primary N) is 1. The maximum Gasteiger partial charge on any atom is 0.264 e. The fraction of sp³-hybridized carbons (Fsp3) is 0.333. The summed E-state index contributed by atoms with van der Waals surface area (Å²) >= 11 is 3.12. The number of primary amides is 1. The van der Waals surface area contributed by atoms with Gasteiger partial charge in [-0.3, -0.25) is 9.59 Å². The Morgan fingerprint density at radius 1 is 1.71 bits per heavy atom. The number of carbonyl (C=O) groups excluding carboxylic acids is 1.